The summed E-state index contributed by atoms with van der Waals surface area (Å²) in [6.07, 6.45) is 6.64. The van der Waals surface area contributed by atoms with Gasteiger partial charge in [-0.05, 0) is 24.8 Å². The molecule has 2 heteroatoms. The Kier molecular flexibility index (Phi) is 2.65. The molecule has 1 aliphatic carbocycles. The minimum Gasteiger partial charge on any atom is -0.350 e. The van der Waals surface area contributed by atoms with Gasteiger partial charge in [0.15, 0.2) is 0 Å². The predicted molar refractivity (Wildman–Crippen MR) is 67.8 cm³/mol. The molecule has 1 saturated heterocycles. The largest absolute Gasteiger partial charge is 0.350 e. The maximum absolute atomic E-state index is 11.6. The van der Waals surface area contributed by atoms with E-state index < -0.39 is 0 Å². The number of carbonyl (C=O) groups is 1. The molecule has 2 fully saturated rings. The second kappa shape index (κ2) is 4.17. The summed E-state index contributed by atoms with van der Waals surface area (Å²) in [5.74, 6) is 0.761. The van der Waals surface area contributed by atoms with Gasteiger partial charge in [0, 0.05) is 17.9 Å². The van der Waals surface area contributed by atoms with Crippen LogP contribution < -0.4 is 5.32 Å². The van der Waals surface area contributed by atoms with Gasteiger partial charge in [0.05, 0.1) is 0 Å². The van der Waals surface area contributed by atoms with Crippen LogP contribution in [0.1, 0.15) is 50.0 Å². The molecule has 1 heterocycles. The average molecular weight is 229 g/mol. The van der Waals surface area contributed by atoms with Gasteiger partial charge in [-0.15, -0.1) is 0 Å². The zero-order valence-electron chi connectivity index (χ0n) is 10.1. The van der Waals surface area contributed by atoms with Crippen LogP contribution in [-0.2, 0) is 4.79 Å². The van der Waals surface area contributed by atoms with Crippen molar-refractivity contribution >= 4 is 5.91 Å². The van der Waals surface area contributed by atoms with E-state index in [0.29, 0.717) is 12.3 Å². The number of hydrogen-bond acceptors (Lipinski definition) is 1. The lowest BCUT2D eigenvalue weighted by molar-refractivity contribution is -0.120. The summed E-state index contributed by atoms with van der Waals surface area (Å²) in [4.78, 5) is 11.6. The van der Waals surface area contributed by atoms with Crippen molar-refractivity contribution in [1.82, 2.24) is 5.32 Å². The van der Waals surface area contributed by atoms with Crippen LogP contribution in [0.4, 0.5) is 0 Å². The van der Waals surface area contributed by atoms with Crippen molar-refractivity contribution in [2.75, 3.05) is 0 Å². The third-order valence-corrected chi connectivity index (χ3v) is 4.42. The number of amides is 1. The van der Waals surface area contributed by atoms with Crippen molar-refractivity contribution in [3.8, 4) is 0 Å². The molecule has 3 rings (SSSR count). The lowest BCUT2D eigenvalue weighted by atomic mass is 9.69. The highest BCUT2D eigenvalue weighted by molar-refractivity contribution is 5.79. The lowest BCUT2D eigenvalue weighted by Gasteiger charge is -2.41. The smallest absolute Gasteiger partial charge is 0.220 e. The van der Waals surface area contributed by atoms with Crippen molar-refractivity contribution in [1.29, 1.82) is 0 Å². The molecule has 17 heavy (non-hydrogen) atoms. The van der Waals surface area contributed by atoms with Crippen LogP contribution in [0.2, 0.25) is 0 Å². The molecule has 1 aliphatic heterocycles. The Bertz CT molecular complexity index is 414. The normalized spacial score (nSPS) is 32.7. The molecule has 0 radical (unpaired) electrons. The fraction of sp³-hybridized carbons (Fsp3) is 0.533. The quantitative estimate of drug-likeness (QED) is 0.788. The molecule has 0 unspecified atom stereocenters. The molecule has 1 amide bonds. The minimum absolute atomic E-state index is 0.0662. The first kappa shape index (κ1) is 10.8. The Balaban J connectivity index is 1.93. The monoisotopic (exact) mass is 229 g/mol. The summed E-state index contributed by atoms with van der Waals surface area (Å²) >= 11 is 0. The molecule has 1 aromatic rings. The molecule has 2 aliphatic rings. The number of benzene rings is 1. The molecule has 0 aromatic heterocycles. The van der Waals surface area contributed by atoms with Crippen molar-refractivity contribution in [2.24, 2.45) is 0 Å². The van der Waals surface area contributed by atoms with Gasteiger partial charge < -0.3 is 5.32 Å². The third kappa shape index (κ3) is 1.86. The van der Waals surface area contributed by atoms with Gasteiger partial charge in [-0.25, -0.2) is 0 Å². The highest BCUT2D eigenvalue weighted by Gasteiger charge is 2.45. The standard InChI is InChI=1S/C15H19NO/c17-14-9-11-15(16-14)10-5-4-8-13(15)12-6-2-1-3-7-12/h1-3,6-7,13H,4-5,8-11H2,(H,16,17)/t13-,15+/m1/s1. The van der Waals surface area contributed by atoms with Crippen LogP contribution in [0.25, 0.3) is 0 Å². The van der Waals surface area contributed by atoms with Crippen molar-refractivity contribution in [2.45, 2.75) is 50.0 Å². The van der Waals surface area contributed by atoms with Gasteiger partial charge in [0.1, 0.15) is 0 Å². The van der Waals surface area contributed by atoms with E-state index in [0.717, 1.165) is 12.8 Å². The Morgan fingerprint density at radius 2 is 1.94 bits per heavy atom. The van der Waals surface area contributed by atoms with Crippen LogP contribution in [-0.4, -0.2) is 11.4 Å². The molecule has 1 aromatic carbocycles. The molecule has 1 spiro atoms. The molecule has 90 valence electrons. The molecular weight excluding hydrogens is 210 g/mol. The number of nitrogens with one attached hydrogen (secondary N) is 1. The summed E-state index contributed by atoms with van der Waals surface area (Å²) < 4.78 is 0. The fourth-order valence-electron chi connectivity index (χ4n) is 3.60. The van der Waals surface area contributed by atoms with Crippen LogP contribution >= 0.6 is 0 Å². The summed E-state index contributed by atoms with van der Waals surface area (Å²) in [6.45, 7) is 0. The van der Waals surface area contributed by atoms with Crippen molar-refractivity contribution in [3.05, 3.63) is 35.9 Å². The van der Waals surface area contributed by atoms with E-state index >= 15 is 0 Å². The number of rotatable bonds is 1. The fourth-order valence-corrected chi connectivity index (χ4v) is 3.60. The predicted octanol–water partition coefficient (Wildman–Crippen LogP) is 2.99. The molecule has 1 N–H and O–H groups in total. The minimum atomic E-state index is 0.0662. The molecule has 0 bridgehead atoms. The highest BCUT2D eigenvalue weighted by atomic mass is 16.2. The Labute approximate surface area is 102 Å². The van der Waals surface area contributed by atoms with E-state index in [-0.39, 0.29) is 11.4 Å². The number of carbonyl (C=O) groups excluding carboxylic acids is 1. The van der Waals surface area contributed by atoms with E-state index in [9.17, 15) is 4.79 Å². The summed E-state index contributed by atoms with van der Waals surface area (Å²) in [5, 5.41) is 3.28. The first-order valence-electron chi connectivity index (χ1n) is 6.66. The van der Waals surface area contributed by atoms with Gasteiger partial charge in [0.2, 0.25) is 5.91 Å². The molecular formula is C15H19NO. The maximum Gasteiger partial charge on any atom is 0.220 e. The van der Waals surface area contributed by atoms with E-state index in [1.807, 2.05) is 0 Å². The van der Waals surface area contributed by atoms with Gasteiger partial charge in [0.25, 0.3) is 0 Å². The molecule has 1 saturated carbocycles. The second-order valence-corrected chi connectivity index (χ2v) is 5.41. The molecule has 2 atom stereocenters. The van der Waals surface area contributed by atoms with Gasteiger partial charge in [-0.3, -0.25) is 4.79 Å². The van der Waals surface area contributed by atoms with Crippen molar-refractivity contribution in [3.63, 3.8) is 0 Å². The first-order chi connectivity index (χ1) is 8.30. The lowest BCUT2D eigenvalue weighted by Crippen LogP contribution is -2.48. The van der Waals surface area contributed by atoms with Crippen molar-refractivity contribution < 1.29 is 4.79 Å². The third-order valence-electron chi connectivity index (χ3n) is 4.42. The second-order valence-electron chi connectivity index (χ2n) is 5.41. The summed E-state index contributed by atoms with van der Waals surface area (Å²) in [5.41, 5.74) is 1.46. The Hall–Kier alpha value is -1.31. The topological polar surface area (TPSA) is 29.1 Å². The number of hydrogen-bond donors (Lipinski definition) is 1. The van der Waals surface area contributed by atoms with Crippen LogP contribution in [0.15, 0.2) is 30.3 Å². The zero-order chi connectivity index (χ0) is 11.7. The van der Waals surface area contributed by atoms with E-state index in [1.54, 1.807) is 0 Å². The van der Waals surface area contributed by atoms with Crippen LogP contribution in [0.3, 0.4) is 0 Å². The van der Waals surface area contributed by atoms with E-state index in [1.165, 1.54) is 24.8 Å². The van der Waals surface area contributed by atoms with Crippen LogP contribution in [0.5, 0.6) is 0 Å². The maximum atomic E-state index is 11.6. The Morgan fingerprint density at radius 3 is 2.65 bits per heavy atom. The highest BCUT2D eigenvalue weighted by Crippen LogP contribution is 2.45. The van der Waals surface area contributed by atoms with E-state index in [2.05, 4.69) is 35.6 Å². The van der Waals surface area contributed by atoms with Crippen LogP contribution in [0, 0.1) is 0 Å². The Morgan fingerprint density at radius 1 is 1.12 bits per heavy atom. The first-order valence-corrected chi connectivity index (χ1v) is 6.66. The SMILES string of the molecule is O=C1CC[C@]2(CCCC[C@@H]2c2ccccc2)N1. The van der Waals surface area contributed by atoms with E-state index in [4.69, 9.17) is 0 Å². The van der Waals surface area contributed by atoms with Gasteiger partial charge in [-0.1, -0.05) is 43.2 Å². The van der Waals surface area contributed by atoms with Gasteiger partial charge in [-0.2, -0.15) is 0 Å². The van der Waals surface area contributed by atoms with Gasteiger partial charge >= 0.3 is 0 Å². The molecule has 2 nitrogen and oxygen atoms in total. The zero-order valence-corrected chi connectivity index (χ0v) is 10.1. The average Bonchev–Trinajstić information content (AvgIpc) is 2.73. The summed E-state index contributed by atoms with van der Waals surface area (Å²) in [7, 11) is 0. The summed E-state index contributed by atoms with van der Waals surface area (Å²) in [6, 6.07) is 10.7.